The third-order valence-corrected chi connectivity index (χ3v) is 3.66. The summed E-state index contributed by atoms with van der Waals surface area (Å²) in [6.45, 7) is 0.252. The number of carbonyl (C=O) groups is 1. The molecule has 2 N–H and O–H groups in total. The minimum atomic E-state index is -0.725. The smallest absolute Gasteiger partial charge is 0.411 e. The predicted octanol–water partition coefficient (Wildman–Crippen LogP) is 2.25. The molecule has 0 radical (unpaired) electrons. The Hall–Kier alpha value is -1.90. The summed E-state index contributed by atoms with van der Waals surface area (Å²) in [5.74, 6) is 0.00465. The molecule has 23 heavy (non-hydrogen) atoms. The Balaban J connectivity index is 2.15. The molecule has 1 saturated heterocycles. The largest absolute Gasteiger partial charge is 0.448 e. The maximum Gasteiger partial charge on any atom is 0.411 e. The van der Waals surface area contributed by atoms with Crippen LogP contribution in [0.3, 0.4) is 0 Å². The number of aliphatic hydroxyl groups is 1. The predicted molar refractivity (Wildman–Crippen MR) is 83.0 cm³/mol. The van der Waals surface area contributed by atoms with Crippen LogP contribution >= 0.6 is 11.6 Å². The fraction of sp³-hybridized carbons (Fsp3) is 0.500. The van der Waals surface area contributed by atoms with Crippen LogP contribution in [0.5, 0.6) is 0 Å². The molecule has 8 nitrogen and oxygen atoms in total. The molecule has 1 aliphatic rings. The van der Waals surface area contributed by atoms with Crippen LogP contribution in [0.15, 0.2) is 18.2 Å². The zero-order valence-corrected chi connectivity index (χ0v) is 13.0. The Morgan fingerprint density at radius 1 is 1.57 bits per heavy atom. The highest BCUT2D eigenvalue weighted by Crippen LogP contribution is 2.36. The number of alkyl halides is 1. The summed E-state index contributed by atoms with van der Waals surface area (Å²) in [7, 11) is 0. The van der Waals surface area contributed by atoms with Crippen LogP contribution in [0.25, 0.3) is 0 Å². The van der Waals surface area contributed by atoms with Gasteiger partial charge in [0.15, 0.2) is 0 Å². The highest BCUT2D eigenvalue weighted by atomic mass is 35.5. The topological polar surface area (TPSA) is 111 Å². The minimum absolute atomic E-state index is 0.0511. The second kappa shape index (κ2) is 8.09. The monoisotopic (exact) mass is 344 g/mol. The van der Waals surface area contributed by atoms with Gasteiger partial charge in [-0.3, -0.25) is 15.4 Å². The van der Waals surface area contributed by atoms with Crippen LogP contribution in [0.2, 0.25) is 0 Å². The molecule has 2 rings (SSSR count). The number of nitrogens with zero attached hydrogens (tertiary/aromatic N) is 1. The molecular weight excluding hydrogens is 328 g/mol. The maximum atomic E-state index is 11.5. The Morgan fingerprint density at radius 2 is 2.35 bits per heavy atom. The van der Waals surface area contributed by atoms with Gasteiger partial charge in [-0.1, -0.05) is 0 Å². The van der Waals surface area contributed by atoms with Crippen LogP contribution in [0.1, 0.15) is 17.9 Å². The number of ether oxygens (including phenoxy) is 2. The van der Waals surface area contributed by atoms with Gasteiger partial charge in [-0.2, -0.15) is 0 Å². The zero-order chi connectivity index (χ0) is 16.8. The molecule has 0 saturated carbocycles. The summed E-state index contributed by atoms with van der Waals surface area (Å²) in [5, 5.41) is 22.8. The van der Waals surface area contributed by atoms with Crippen molar-refractivity contribution in [2.75, 3.05) is 31.0 Å². The zero-order valence-electron chi connectivity index (χ0n) is 12.2. The van der Waals surface area contributed by atoms with Crippen molar-refractivity contribution in [2.45, 2.75) is 18.4 Å². The van der Waals surface area contributed by atoms with Gasteiger partial charge in [0.25, 0.3) is 5.69 Å². The van der Waals surface area contributed by atoms with Gasteiger partial charge in [-0.25, -0.2) is 4.79 Å². The van der Waals surface area contributed by atoms with E-state index in [1.807, 2.05) is 0 Å². The van der Waals surface area contributed by atoms with Crippen LogP contribution in [-0.4, -0.2) is 47.9 Å². The third kappa shape index (κ3) is 4.54. The number of nitro benzene ring substituents is 1. The van der Waals surface area contributed by atoms with Crippen LogP contribution in [-0.2, 0) is 9.47 Å². The van der Waals surface area contributed by atoms with Gasteiger partial charge in [-0.05, 0) is 18.6 Å². The number of rotatable bonds is 6. The van der Waals surface area contributed by atoms with Crippen molar-refractivity contribution >= 4 is 29.1 Å². The van der Waals surface area contributed by atoms with Crippen molar-refractivity contribution in [3.63, 3.8) is 0 Å². The summed E-state index contributed by atoms with van der Waals surface area (Å²) in [6, 6.07) is 4.43. The number of halogens is 1. The molecule has 1 aliphatic heterocycles. The summed E-state index contributed by atoms with van der Waals surface area (Å²) < 4.78 is 10.1. The van der Waals surface area contributed by atoms with Crippen LogP contribution < -0.4 is 5.32 Å². The molecule has 1 aromatic rings. The van der Waals surface area contributed by atoms with Crippen molar-refractivity contribution in [2.24, 2.45) is 0 Å². The number of hydrogen-bond acceptors (Lipinski definition) is 6. The molecular formula is C14H17ClN2O6. The van der Waals surface area contributed by atoms with Crippen molar-refractivity contribution in [1.82, 2.24) is 0 Å². The van der Waals surface area contributed by atoms with E-state index in [4.69, 9.17) is 26.2 Å². The van der Waals surface area contributed by atoms with E-state index in [1.54, 1.807) is 12.1 Å². The van der Waals surface area contributed by atoms with Gasteiger partial charge >= 0.3 is 6.09 Å². The van der Waals surface area contributed by atoms with Crippen LogP contribution in [0, 0.1) is 10.1 Å². The first-order valence-corrected chi connectivity index (χ1v) is 7.59. The average Bonchev–Trinajstić information content (AvgIpc) is 3.01. The molecule has 1 amide bonds. The standard InChI is InChI=1S/C14H17ClN2O6/c15-3-4-22-14(19)16-10-1-2-12(13(6-10)17(20)21)9-5-11(7-18)23-8-9/h1-2,6,9,11,18H,3-5,7-8H2,(H,16,19). The van der Waals surface area contributed by atoms with Crippen molar-refractivity contribution in [1.29, 1.82) is 0 Å². The highest BCUT2D eigenvalue weighted by Gasteiger charge is 2.31. The van der Waals surface area contributed by atoms with E-state index in [-0.39, 0.29) is 42.5 Å². The normalized spacial score (nSPS) is 20.3. The lowest BCUT2D eigenvalue weighted by Gasteiger charge is -2.11. The number of anilines is 1. The first-order valence-electron chi connectivity index (χ1n) is 7.05. The lowest BCUT2D eigenvalue weighted by atomic mass is 9.94. The molecule has 1 heterocycles. The molecule has 9 heteroatoms. The molecule has 0 spiro atoms. The molecule has 0 aromatic heterocycles. The number of hydrogen-bond donors (Lipinski definition) is 2. The van der Waals surface area contributed by atoms with E-state index in [2.05, 4.69) is 5.32 Å². The van der Waals surface area contributed by atoms with Gasteiger partial charge in [-0.15, -0.1) is 11.6 Å². The van der Waals surface area contributed by atoms with E-state index < -0.39 is 11.0 Å². The fourth-order valence-electron chi connectivity index (χ4n) is 2.46. The number of carbonyl (C=O) groups excluding carboxylic acids is 1. The minimum Gasteiger partial charge on any atom is -0.448 e. The lowest BCUT2D eigenvalue weighted by Crippen LogP contribution is -2.15. The number of benzene rings is 1. The number of nitro groups is 1. The van der Waals surface area contributed by atoms with Crippen molar-refractivity contribution < 1.29 is 24.3 Å². The van der Waals surface area contributed by atoms with Crippen molar-refractivity contribution in [3.8, 4) is 0 Å². The highest BCUT2D eigenvalue weighted by molar-refractivity contribution is 6.18. The average molecular weight is 345 g/mol. The number of amides is 1. The summed E-state index contributed by atoms with van der Waals surface area (Å²) in [4.78, 5) is 22.3. The quantitative estimate of drug-likeness (QED) is 0.465. The van der Waals surface area contributed by atoms with Gasteiger partial charge in [0.1, 0.15) is 6.61 Å². The molecule has 1 aromatic carbocycles. The Morgan fingerprint density at radius 3 is 2.96 bits per heavy atom. The van der Waals surface area contributed by atoms with E-state index in [9.17, 15) is 14.9 Å². The van der Waals surface area contributed by atoms with E-state index >= 15 is 0 Å². The van der Waals surface area contributed by atoms with E-state index in [1.165, 1.54) is 6.07 Å². The number of aliphatic hydroxyl groups excluding tert-OH is 1. The second-order valence-corrected chi connectivity index (χ2v) is 5.43. The maximum absolute atomic E-state index is 11.5. The molecule has 0 aliphatic carbocycles. The second-order valence-electron chi connectivity index (χ2n) is 5.05. The fourth-order valence-corrected chi connectivity index (χ4v) is 2.54. The van der Waals surface area contributed by atoms with Gasteiger partial charge in [0.05, 0.1) is 35.8 Å². The Labute approximate surface area is 137 Å². The molecule has 0 bridgehead atoms. The molecule has 2 atom stereocenters. The first-order chi connectivity index (χ1) is 11.0. The first kappa shape index (κ1) is 17.5. The third-order valence-electron chi connectivity index (χ3n) is 3.51. The number of nitrogens with one attached hydrogen (secondary N) is 1. The van der Waals surface area contributed by atoms with Gasteiger partial charge in [0.2, 0.25) is 0 Å². The molecule has 1 fully saturated rings. The summed E-state index contributed by atoms with van der Waals surface area (Å²) in [5.41, 5.74) is 0.676. The lowest BCUT2D eigenvalue weighted by molar-refractivity contribution is -0.385. The van der Waals surface area contributed by atoms with E-state index in [0.717, 1.165) is 0 Å². The SMILES string of the molecule is O=C(Nc1ccc(C2COC(CO)C2)c([N+](=O)[O-])c1)OCCCl. The Kier molecular flexibility index (Phi) is 6.14. The Bertz CT molecular complexity index is 582. The van der Waals surface area contributed by atoms with Crippen LogP contribution in [0.4, 0.5) is 16.2 Å². The summed E-state index contributed by atoms with van der Waals surface area (Å²) in [6.07, 6.45) is -0.512. The molecule has 126 valence electrons. The van der Waals surface area contributed by atoms with E-state index in [0.29, 0.717) is 18.6 Å². The summed E-state index contributed by atoms with van der Waals surface area (Å²) >= 11 is 5.41. The molecule has 2 unspecified atom stereocenters. The van der Waals surface area contributed by atoms with Gasteiger partial charge < -0.3 is 14.6 Å². The van der Waals surface area contributed by atoms with Crippen molar-refractivity contribution in [3.05, 3.63) is 33.9 Å². The van der Waals surface area contributed by atoms with Gasteiger partial charge in [0, 0.05) is 17.5 Å².